The van der Waals surface area contributed by atoms with Gasteiger partial charge in [0.25, 0.3) is 0 Å². The molecule has 5 nitrogen and oxygen atoms in total. The predicted molar refractivity (Wildman–Crippen MR) is 65.0 cm³/mol. The van der Waals surface area contributed by atoms with Gasteiger partial charge in [-0.05, 0) is 18.6 Å². The first-order valence-electron chi connectivity index (χ1n) is 5.38. The number of hydrogen-bond donors (Lipinski definition) is 1. The molecule has 1 aromatic rings. The number of anilines is 1. The number of nitrogens with two attached hydrogens (primary N) is 1. The molecule has 1 aliphatic rings. The molecule has 0 spiro atoms. The van der Waals surface area contributed by atoms with Gasteiger partial charge in [-0.15, -0.1) is 0 Å². The minimum Gasteiger partial charge on any atom is -0.308 e. The van der Waals surface area contributed by atoms with Gasteiger partial charge in [0.2, 0.25) is 15.9 Å². The van der Waals surface area contributed by atoms with Crippen molar-refractivity contribution in [3.05, 3.63) is 29.6 Å². The maximum absolute atomic E-state index is 13.9. The highest BCUT2D eigenvalue weighted by Gasteiger charge is 2.38. The van der Waals surface area contributed by atoms with Gasteiger partial charge in [-0.2, -0.15) is 0 Å². The van der Waals surface area contributed by atoms with Gasteiger partial charge in [-0.1, -0.05) is 12.1 Å². The molecule has 1 fully saturated rings. The van der Waals surface area contributed by atoms with Crippen LogP contribution >= 0.6 is 0 Å². The number of primary sulfonamides is 1. The lowest BCUT2D eigenvalue weighted by molar-refractivity contribution is -0.117. The summed E-state index contributed by atoms with van der Waals surface area (Å²) in [7, 11) is -3.78. The second-order valence-electron chi connectivity index (χ2n) is 4.33. The first-order chi connectivity index (χ1) is 8.30. The Bertz CT molecular complexity index is 600. The lowest BCUT2D eigenvalue weighted by Crippen LogP contribution is -2.32. The number of amides is 1. The normalized spacial score (nSPS) is 20.5. The van der Waals surface area contributed by atoms with E-state index in [4.69, 9.17) is 5.14 Å². The molecule has 98 valence electrons. The number of benzene rings is 1. The molecule has 0 aliphatic carbocycles. The van der Waals surface area contributed by atoms with E-state index in [9.17, 15) is 17.6 Å². The van der Waals surface area contributed by atoms with E-state index in [0.717, 1.165) is 4.90 Å². The van der Waals surface area contributed by atoms with E-state index >= 15 is 0 Å². The van der Waals surface area contributed by atoms with Crippen LogP contribution in [-0.4, -0.2) is 26.1 Å². The van der Waals surface area contributed by atoms with Crippen LogP contribution in [0.4, 0.5) is 10.1 Å². The number of carbonyl (C=O) groups is 1. The van der Waals surface area contributed by atoms with Gasteiger partial charge in [0.1, 0.15) is 11.1 Å². The summed E-state index contributed by atoms with van der Waals surface area (Å²) in [6.07, 6.45) is -0.202. The standard InChI is InChI=1S/C11H13FN2O3S/c1-7-3-2-4-9(11(7)12)14-6-8(5-10(14)15)18(13,16)17/h2-4,8H,5-6H2,1H3,(H2,13,16,17). The Hall–Kier alpha value is -1.47. The molecule has 0 aromatic heterocycles. The zero-order chi connectivity index (χ0) is 13.5. The second kappa shape index (κ2) is 4.33. The van der Waals surface area contributed by atoms with E-state index in [-0.39, 0.29) is 18.7 Å². The van der Waals surface area contributed by atoms with E-state index < -0.39 is 27.0 Å². The van der Waals surface area contributed by atoms with Gasteiger partial charge in [-0.25, -0.2) is 17.9 Å². The van der Waals surface area contributed by atoms with Gasteiger partial charge in [0.05, 0.1) is 5.69 Å². The fourth-order valence-electron chi connectivity index (χ4n) is 1.97. The van der Waals surface area contributed by atoms with Gasteiger partial charge in [-0.3, -0.25) is 4.79 Å². The van der Waals surface area contributed by atoms with Crippen molar-refractivity contribution in [3.8, 4) is 0 Å². The summed E-state index contributed by atoms with van der Waals surface area (Å²) in [6.45, 7) is 1.48. The average molecular weight is 272 g/mol. The minimum atomic E-state index is -3.78. The van der Waals surface area contributed by atoms with Crippen LogP contribution in [0.3, 0.4) is 0 Å². The van der Waals surface area contributed by atoms with Crippen LogP contribution in [0.2, 0.25) is 0 Å². The summed E-state index contributed by atoms with van der Waals surface area (Å²) in [5.41, 5.74) is 0.505. The molecule has 1 amide bonds. The largest absolute Gasteiger partial charge is 0.308 e. The molecule has 1 unspecified atom stereocenters. The highest BCUT2D eigenvalue weighted by Crippen LogP contribution is 2.27. The summed E-state index contributed by atoms with van der Waals surface area (Å²) < 4.78 is 36.3. The molecule has 1 aliphatic heterocycles. The molecule has 0 radical (unpaired) electrons. The zero-order valence-corrected chi connectivity index (χ0v) is 10.6. The first kappa shape index (κ1) is 13.0. The molecule has 0 bridgehead atoms. The van der Waals surface area contributed by atoms with E-state index in [1.54, 1.807) is 19.1 Å². The highest BCUT2D eigenvalue weighted by molar-refractivity contribution is 7.89. The van der Waals surface area contributed by atoms with Crippen molar-refractivity contribution in [2.75, 3.05) is 11.4 Å². The average Bonchev–Trinajstić information content (AvgIpc) is 2.64. The Balaban J connectivity index is 2.36. The maximum atomic E-state index is 13.9. The molecule has 18 heavy (non-hydrogen) atoms. The van der Waals surface area contributed by atoms with Crippen LogP contribution in [0.5, 0.6) is 0 Å². The monoisotopic (exact) mass is 272 g/mol. The van der Waals surface area contributed by atoms with Crippen LogP contribution in [0.25, 0.3) is 0 Å². The Morgan fingerprint density at radius 1 is 1.44 bits per heavy atom. The van der Waals surface area contributed by atoms with Gasteiger partial charge in [0, 0.05) is 13.0 Å². The number of rotatable bonds is 2. The fraction of sp³-hybridized carbons (Fsp3) is 0.364. The van der Waals surface area contributed by atoms with Crippen LogP contribution in [0, 0.1) is 12.7 Å². The smallest absolute Gasteiger partial charge is 0.228 e. The van der Waals surface area contributed by atoms with Crippen LogP contribution in [-0.2, 0) is 14.8 Å². The molecule has 2 N–H and O–H groups in total. The van der Waals surface area contributed by atoms with Gasteiger partial charge < -0.3 is 4.90 Å². The number of carbonyl (C=O) groups excluding carboxylic acids is 1. The Morgan fingerprint density at radius 2 is 2.11 bits per heavy atom. The Kier molecular flexibility index (Phi) is 3.12. The van der Waals surface area contributed by atoms with E-state index in [1.165, 1.54) is 6.07 Å². The van der Waals surface area contributed by atoms with E-state index in [0.29, 0.717) is 5.56 Å². The molecular formula is C11H13FN2O3S. The number of aryl methyl sites for hydroxylation is 1. The van der Waals surface area contributed by atoms with E-state index in [2.05, 4.69) is 0 Å². The fourth-order valence-corrected chi connectivity index (χ4v) is 2.70. The summed E-state index contributed by atoms with van der Waals surface area (Å²) >= 11 is 0. The van der Waals surface area contributed by atoms with Crippen molar-refractivity contribution >= 4 is 21.6 Å². The summed E-state index contributed by atoms with van der Waals surface area (Å²) in [6, 6.07) is 4.65. The summed E-state index contributed by atoms with van der Waals surface area (Å²) in [5, 5.41) is 4.04. The van der Waals surface area contributed by atoms with Crippen LogP contribution in [0.1, 0.15) is 12.0 Å². The van der Waals surface area contributed by atoms with Crippen molar-refractivity contribution in [2.45, 2.75) is 18.6 Å². The number of halogens is 1. The number of nitrogens with zero attached hydrogens (tertiary/aromatic N) is 1. The van der Waals surface area contributed by atoms with Crippen LogP contribution in [0.15, 0.2) is 18.2 Å². The highest BCUT2D eigenvalue weighted by atomic mass is 32.2. The number of sulfonamides is 1. The van der Waals surface area contributed by atoms with Crippen molar-refractivity contribution in [1.82, 2.24) is 0 Å². The Morgan fingerprint density at radius 3 is 2.67 bits per heavy atom. The third-order valence-electron chi connectivity index (χ3n) is 3.02. The van der Waals surface area contributed by atoms with Gasteiger partial charge >= 0.3 is 0 Å². The van der Waals surface area contributed by atoms with E-state index in [1.807, 2.05) is 0 Å². The third kappa shape index (κ3) is 2.23. The lowest BCUT2D eigenvalue weighted by Gasteiger charge is -2.17. The predicted octanol–water partition coefficient (Wildman–Crippen LogP) is 0.528. The van der Waals surface area contributed by atoms with Crippen molar-refractivity contribution in [1.29, 1.82) is 0 Å². The quantitative estimate of drug-likeness (QED) is 0.852. The number of hydrogen-bond acceptors (Lipinski definition) is 3. The maximum Gasteiger partial charge on any atom is 0.228 e. The topological polar surface area (TPSA) is 80.5 Å². The van der Waals surface area contributed by atoms with Gasteiger partial charge in [0.15, 0.2) is 0 Å². The molecule has 2 rings (SSSR count). The van der Waals surface area contributed by atoms with Crippen molar-refractivity contribution < 1.29 is 17.6 Å². The molecule has 1 aromatic carbocycles. The summed E-state index contributed by atoms with van der Waals surface area (Å²) in [5.74, 6) is -0.945. The first-order valence-corrected chi connectivity index (χ1v) is 6.98. The second-order valence-corrected chi connectivity index (χ2v) is 6.17. The molecule has 0 saturated carbocycles. The zero-order valence-electron chi connectivity index (χ0n) is 9.76. The molecule has 7 heteroatoms. The van der Waals surface area contributed by atoms with Crippen molar-refractivity contribution in [3.63, 3.8) is 0 Å². The third-order valence-corrected chi connectivity index (χ3v) is 4.26. The Labute approximate surface area is 104 Å². The lowest BCUT2D eigenvalue weighted by atomic mass is 10.2. The molecular weight excluding hydrogens is 259 g/mol. The summed E-state index contributed by atoms with van der Waals surface area (Å²) in [4.78, 5) is 12.9. The SMILES string of the molecule is Cc1cccc(N2CC(S(N)(=O)=O)CC2=O)c1F. The molecule has 1 atom stereocenters. The minimum absolute atomic E-state index is 0.0992. The molecule has 1 saturated heterocycles. The van der Waals surface area contributed by atoms with Crippen LogP contribution < -0.4 is 10.0 Å². The molecule has 1 heterocycles. The van der Waals surface area contributed by atoms with Crippen molar-refractivity contribution in [2.24, 2.45) is 5.14 Å².